The zero-order valence-electron chi connectivity index (χ0n) is 17.9. The second-order valence-electron chi connectivity index (χ2n) is 7.61. The largest absolute Gasteiger partial charge is 0.497 e. The molecule has 0 aliphatic rings. The summed E-state index contributed by atoms with van der Waals surface area (Å²) in [6.07, 6.45) is 4.97. The van der Waals surface area contributed by atoms with E-state index in [0.29, 0.717) is 29.7 Å². The van der Waals surface area contributed by atoms with Crippen molar-refractivity contribution < 1.29 is 9.53 Å². The van der Waals surface area contributed by atoms with E-state index in [1.54, 1.807) is 53.0 Å². The van der Waals surface area contributed by atoms with Gasteiger partial charge in [-0.15, -0.1) is 0 Å². The minimum absolute atomic E-state index is 0.176. The van der Waals surface area contributed by atoms with Gasteiger partial charge in [0.1, 0.15) is 11.3 Å². The van der Waals surface area contributed by atoms with Crippen LogP contribution in [0, 0.1) is 0 Å². The molecule has 8 heteroatoms. The van der Waals surface area contributed by atoms with E-state index in [1.807, 2.05) is 42.5 Å². The summed E-state index contributed by atoms with van der Waals surface area (Å²) in [5, 5.41) is 7.23. The Morgan fingerprint density at radius 3 is 2.45 bits per heavy atom. The average Bonchev–Trinajstić information content (AvgIpc) is 3.36. The molecule has 0 spiro atoms. The molecule has 0 saturated heterocycles. The van der Waals surface area contributed by atoms with Gasteiger partial charge >= 0.3 is 0 Å². The highest BCUT2D eigenvalue weighted by Gasteiger charge is 2.15. The summed E-state index contributed by atoms with van der Waals surface area (Å²) < 4.78 is 8.52. The number of pyridine rings is 1. The molecule has 2 aromatic carbocycles. The Bertz CT molecular complexity index is 1500. The van der Waals surface area contributed by atoms with E-state index in [-0.39, 0.29) is 11.5 Å². The first-order valence-corrected chi connectivity index (χ1v) is 10.4. The number of amides is 1. The number of nitrogens with one attached hydrogen (secondary N) is 1. The van der Waals surface area contributed by atoms with Crippen LogP contribution in [0.5, 0.6) is 5.75 Å². The standard InChI is InChI=1S/C25H21N5O3/c1-33-20-5-2-18(3-6-20)16-29-23-14-19(24(31)27-15-17-8-11-26-12-9-17)4-7-21(23)30-22(25(29)32)10-13-28-30/h2-14H,15-16H2,1H3,(H,27,31). The molecule has 1 N–H and O–H groups in total. The third kappa shape index (κ3) is 3.94. The van der Waals surface area contributed by atoms with E-state index >= 15 is 0 Å². The number of fused-ring (bicyclic) bond motifs is 3. The van der Waals surface area contributed by atoms with Gasteiger partial charge in [-0.1, -0.05) is 12.1 Å². The Labute approximate surface area is 189 Å². The van der Waals surface area contributed by atoms with Gasteiger partial charge in [-0.3, -0.25) is 14.6 Å². The summed E-state index contributed by atoms with van der Waals surface area (Å²) in [6.45, 7) is 0.735. The summed E-state index contributed by atoms with van der Waals surface area (Å²) in [4.78, 5) is 30.1. The van der Waals surface area contributed by atoms with Crippen LogP contribution in [0.15, 0.2) is 84.0 Å². The topological polar surface area (TPSA) is 90.5 Å². The predicted octanol–water partition coefficient (Wildman–Crippen LogP) is 3.03. The van der Waals surface area contributed by atoms with E-state index < -0.39 is 0 Å². The van der Waals surface area contributed by atoms with Crippen LogP contribution in [0.2, 0.25) is 0 Å². The van der Waals surface area contributed by atoms with E-state index in [4.69, 9.17) is 4.74 Å². The summed E-state index contributed by atoms with van der Waals surface area (Å²) in [7, 11) is 1.61. The molecule has 3 heterocycles. The lowest BCUT2D eigenvalue weighted by molar-refractivity contribution is 0.0951. The molecule has 5 aromatic rings. The molecule has 0 aliphatic carbocycles. The van der Waals surface area contributed by atoms with Crippen LogP contribution >= 0.6 is 0 Å². The first-order chi connectivity index (χ1) is 16.1. The lowest BCUT2D eigenvalue weighted by Gasteiger charge is -2.14. The maximum atomic E-state index is 13.3. The molecule has 0 fully saturated rings. The molecule has 0 atom stereocenters. The highest BCUT2D eigenvalue weighted by atomic mass is 16.5. The molecule has 164 valence electrons. The lowest BCUT2D eigenvalue weighted by atomic mass is 10.1. The number of hydrogen-bond acceptors (Lipinski definition) is 5. The Hall–Kier alpha value is -4.46. The van der Waals surface area contributed by atoms with Gasteiger partial charge in [0.2, 0.25) is 0 Å². The molecule has 8 nitrogen and oxygen atoms in total. The summed E-state index contributed by atoms with van der Waals surface area (Å²) in [5.41, 5.74) is 4.03. The first-order valence-electron chi connectivity index (χ1n) is 10.4. The van der Waals surface area contributed by atoms with Crippen LogP contribution in [0.1, 0.15) is 21.5 Å². The Morgan fingerprint density at radius 1 is 0.909 bits per heavy atom. The third-order valence-corrected chi connectivity index (χ3v) is 5.57. The van der Waals surface area contributed by atoms with Gasteiger partial charge in [-0.25, -0.2) is 4.52 Å². The van der Waals surface area contributed by atoms with Gasteiger partial charge in [-0.05, 0) is 59.7 Å². The van der Waals surface area contributed by atoms with Crippen LogP contribution in [-0.2, 0) is 13.1 Å². The fourth-order valence-corrected chi connectivity index (χ4v) is 3.82. The van der Waals surface area contributed by atoms with Gasteiger partial charge in [-0.2, -0.15) is 5.10 Å². The number of carbonyl (C=O) groups excluding carboxylic acids is 1. The third-order valence-electron chi connectivity index (χ3n) is 5.57. The van der Waals surface area contributed by atoms with Crippen molar-refractivity contribution in [2.24, 2.45) is 0 Å². The zero-order chi connectivity index (χ0) is 22.8. The average molecular weight is 439 g/mol. The van der Waals surface area contributed by atoms with Crippen molar-refractivity contribution in [2.75, 3.05) is 7.11 Å². The molecule has 0 aliphatic heterocycles. The molecule has 1 amide bonds. The fourth-order valence-electron chi connectivity index (χ4n) is 3.82. The van der Waals surface area contributed by atoms with E-state index in [1.165, 1.54) is 0 Å². The maximum absolute atomic E-state index is 13.3. The number of aromatic nitrogens is 4. The maximum Gasteiger partial charge on any atom is 0.277 e. The number of hydrogen-bond donors (Lipinski definition) is 1. The van der Waals surface area contributed by atoms with Crippen molar-refractivity contribution >= 4 is 22.5 Å². The fraction of sp³-hybridized carbons (Fsp3) is 0.120. The molecule has 3 aromatic heterocycles. The highest BCUT2D eigenvalue weighted by Crippen LogP contribution is 2.19. The number of ether oxygens (including phenoxy) is 1. The van der Waals surface area contributed by atoms with Crippen LogP contribution in [0.4, 0.5) is 0 Å². The van der Waals surface area contributed by atoms with Crippen molar-refractivity contribution in [1.82, 2.24) is 24.5 Å². The lowest BCUT2D eigenvalue weighted by Crippen LogP contribution is -2.25. The van der Waals surface area contributed by atoms with Gasteiger partial charge in [0, 0.05) is 24.5 Å². The van der Waals surface area contributed by atoms with E-state index in [9.17, 15) is 9.59 Å². The van der Waals surface area contributed by atoms with Gasteiger partial charge < -0.3 is 14.6 Å². The molecule has 5 rings (SSSR count). The number of rotatable bonds is 6. The van der Waals surface area contributed by atoms with Crippen LogP contribution in [0.25, 0.3) is 16.6 Å². The summed E-state index contributed by atoms with van der Waals surface area (Å²) in [6, 6.07) is 18.3. The van der Waals surface area contributed by atoms with Crippen LogP contribution in [-0.4, -0.2) is 32.2 Å². The smallest absolute Gasteiger partial charge is 0.277 e. The van der Waals surface area contributed by atoms with Crippen molar-refractivity contribution in [3.8, 4) is 5.75 Å². The minimum atomic E-state index is -0.224. The second-order valence-corrected chi connectivity index (χ2v) is 7.61. The molecule has 0 bridgehead atoms. The Balaban J connectivity index is 1.55. The summed E-state index contributed by atoms with van der Waals surface area (Å²) in [5.74, 6) is 0.521. The van der Waals surface area contributed by atoms with Gasteiger partial charge in [0.05, 0.1) is 30.9 Å². The molecule has 0 unspecified atom stereocenters. The van der Waals surface area contributed by atoms with E-state index in [0.717, 1.165) is 22.4 Å². The quantitative estimate of drug-likeness (QED) is 0.439. The number of nitrogens with zero attached hydrogens (tertiary/aromatic N) is 4. The van der Waals surface area contributed by atoms with Gasteiger partial charge in [0.25, 0.3) is 11.5 Å². The Morgan fingerprint density at radius 2 is 1.70 bits per heavy atom. The zero-order valence-corrected chi connectivity index (χ0v) is 17.9. The number of benzene rings is 2. The van der Waals surface area contributed by atoms with Crippen molar-refractivity contribution in [3.63, 3.8) is 0 Å². The minimum Gasteiger partial charge on any atom is -0.497 e. The van der Waals surface area contributed by atoms with E-state index in [2.05, 4.69) is 15.4 Å². The summed E-state index contributed by atoms with van der Waals surface area (Å²) >= 11 is 0. The predicted molar refractivity (Wildman–Crippen MR) is 124 cm³/mol. The SMILES string of the molecule is COc1ccc(Cn2c(=O)c3ccnn3c3ccc(C(=O)NCc4ccncc4)cc32)cc1. The monoisotopic (exact) mass is 439 g/mol. The molecule has 0 saturated carbocycles. The number of carbonyl (C=O) groups is 1. The van der Waals surface area contributed by atoms with Crippen molar-refractivity contribution in [3.05, 3.63) is 106 Å². The molecule has 0 radical (unpaired) electrons. The van der Waals surface area contributed by atoms with Crippen LogP contribution in [0.3, 0.4) is 0 Å². The van der Waals surface area contributed by atoms with Crippen molar-refractivity contribution in [1.29, 1.82) is 0 Å². The molecular formula is C25H21N5O3. The van der Waals surface area contributed by atoms with Crippen LogP contribution < -0.4 is 15.6 Å². The number of methoxy groups -OCH3 is 1. The highest BCUT2D eigenvalue weighted by molar-refractivity contribution is 5.97. The van der Waals surface area contributed by atoms with Crippen molar-refractivity contribution in [2.45, 2.75) is 13.1 Å². The Kier molecular flexibility index (Phi) is 5.32. The normalized spacial score (nSPS) is 11.1. The molecular weight excluding hydrogens is 418 g/mol. The first kappa shape index (κ1) is 20.4. The van der Waals surface area contributed by atoms with Gasteiger partial charge in [0.15, 0.2) is 0 Å². The molecule has 33 heavy (non-hydrogen) atoms. The second kappa shape index (κ2) is 8.58.